The molecule has 1 heterocycles. The Morgan fingerprint density at radius 2 is 2.36 bits per heavy atom. The van der Waals surface area contributed by atoms with Gasteiger partial charge in [0, 0.05) is 12.6 Å². The highest BCUT2D eigenvalue weighted by molar-refractivity contribution is 7.07. The smallest absolute Gasteiger partial charge is 0.0973 e. The third-order valence-electron chi connectivity index (χ3n) is 2.17. The van der Waals surface area contributed by atoms with Gasteiger partial charge >= 0.3 is 0 Å². The Morgan fingerprint density at radius 1 is 1.64 bits per heavy atom. The Balaban J connectivity index is 2.39. The number of hydrogen-bond acceptors (Lipinski definition) is 4. The first-order chi connectivity index (χ1) is 6.55. The predicted molar refractivity (Wildman–Crippen MR) is 58.4 cm³/mol. The van der Waals surface area contributed by atoms with E-state index in [0.717, 1.165) is 0 Å². The van der Waals surface area contributed by atoms with Crippen molar-refractivity contribution in [3.63, 3.8) is 0 Å². The normalized spacial score (nSPS) is 17.7. The molecule has 3 N–H and O–H groups in total. The van der Waals surface area contributed by atoms with Crippen molar-refractivity contribution >= 4 is 11.3 Å². The molecule has 1 aromatic rings. The molecule has 1 rings (SSSR count). The van der Waals surface area contributed by atoms with E-state index < -0.39 is 5.60 Å². The SMILES string of the molecule is CC(NCC(C)(O)CO)c1ccsc1. The quantitative estimate of drug-likeness (QED) is 0.690. The number of hydrogen-bond donors (Lipinski definition) is 3. The summed E-state index contributed by atoms with van der Waals surface area (Å²) in [6.07, 6.45) is 0. The number of rotatable bonds is 5. The van der Waals surface area contributed by atoms with Crippen LogP contribution in [0.5, 0.6) is 0 Å². The summed E-state index contributed by atoms with van der Waals surface area (Å²) in [4.78, 5) is 0. The minimum atomic E-state index is -1.04. The van der Waals surface area contributed by atoms with Crippen LogP contribution in [0.4, 0.5) is 0 Å². The van der Waals surface area contributed by atoms with Crippen LogP contribution >= 0.6 is 11.3 Å². The lowest BCUT2D eigenvalue weighted by Crippen LogP contribution is -2.41. The summed E-state index contributed by atoms with van der Waals surface area (Å²) >= 11 is 1.66. The van der Waals surface area contributed by atoms with E-state index in [2.05, 4.69) is 16.8 Å². The molecule has 1 aromatic heterocycles. The van der Waals surface area contributed by atoms with E-state index in [1.54, 1.807) is 18.3 Å². The molecule has 0 aliphatic heterocycles. The summed E-state index contributed by atoms with van der Waals surface area (Å²) in [5, 5.41) is 25.7. The van der Waals surface area contributed by atoms with Gasteiger partial charge in [0.05, 0.1) is 12.2 Å². The molecule has 0 aliphatic rings. The molecule has 2 unspecified atom stereocenters. The predicted octanol–water partition coefficient (Wildman–Crippen LogP) is 1.14. The molecule has 0 saturated carbocycles. The van der Waals surface area contributed by atoms with Crippen LogP contribution in [0, 0.1) is 0 Å². The first kappa shape index (κ1) is 11.7. The molecule has 4 heteroatoms. The van der Waals surface area contributed by atoms with Crippen LogP contribution in [0.3, 0.4) is 0 Å². The fourth-order valence-electron chi connectivity index (χ4n) is 1.07. The molecule has 0 fully saturated rings. The second kappa shape index (κ2) is 4.89. The van der Waals surface area contributed by atoms with Crippen molar-refractivity contribution in [2.24, 2.45) is 0 Å². The van der Waals surface area contributed by atoms with Crippen molar-refractivity contribution < 1.29 is 10.2 Å². The lowest BCUT2D eigenvalue weighted by atomic mass is 10.1. The summed E-state index contributed by atoms with van der Waals surface area (Å²) in [5.41, 5.74) is 0.174. The first-order valence-electron chi connectivity index (χ1n) is 4.64. The van der Waals surface area contributed by atoms with Gasteiger partial charge in [-0.25, -0.2) is 0 Å². The molecule has 2 atom stereocenters. The molecular weight excluding hydrogens is 198 g/mol. The lowest BCUT2D eigenvalue weighted by molar-refractivity contribution is 0.00107. The molecule has 80 valence electrons. The van der Waals surface area contributed by atoms with Crippen LogP contribution in [0.1, 0.15) is 25.5 Å². The van der Waals surface area contributed by atoms with Crippen molar-refractivity contribution in [1.82, 2.24) is 5.32 Å². The molecule has 0 spiro atoms. The summed E-state index contributed by atoms with van der Waals surface area (Å²) < 4.78 is 0. The highest BCUT2D eigenvalue weighted by Gasteiger charge is 2.19. The second-order valence-corrected chi connectivity index (χ2v) is 4.59. The minimum absolute atomic E-state index is 0.208. The fourth-order valence-corrected chi connectivity index (χ4v) is 1.82. The molecule has 14 heavy (non-hydrogen) atoms. The summed E-state index contributed by atoms with van der Waals surface area (Å²) in [6, 6.07) is 2.26. The van der Waals surface area contributed by atoms with E-state index in [0.29, 0.717) is 6.54 Å². The van der Waals surface area contributed by atoms with E-state index >= 15 is 0 Å². The Morgan fingerprint density at radius 3 is 2.86 bits per heavy atom. The first-order valence-corrected chi connectivity index (χ1v) is 5.58. The van der Waals surface area contributed by atoms with Crippen molar-refractivity contribution in [1.29, 1.82) is 0 Å². The van der Waals surface area contributed by atoms with Crippen molar-refractivity contribution in [2.75, 3.05) is 13.2 Å². The largest absolute Gasteiger partial charge is 0.393 e. The maximum absolute atomic E-state index is 9.56. The maximum atomic E-state index is 9.56. The number of nitrogens with one attached hydrogen (secondary N) is 1. The van der Waals surface area contributed by atoms with Gasteiger partial charge in [-0.1, -0.05) is 0 Å². The van der Waals surface area contributed by atoms with Crippen LogP contribution in [-0.4, -0.2) is 29.0 Å². The average Bonchev–Trinajstić information content (AvgIpc) is 2.67. The number of thiophene rings is 1. The highest BCUT2D eigenvalue weighted by Crippen LogP contribution is 2.16. The average molecular weight is 215 g/mol. The van der Waals surface area contributed by atoms with Gasteiger partial charge in [0.2, 0.25) is 0 Å². The van der Waals surface area contributed by atoms with Crippen LogP contribution in [0.2, 0.25) is 0 Å². The summed E-state index contributed by atoms with van der Waals surface area (Å²) in [7, 11) is 0. The van der Waals surface area contributed by atoms with Gasteiger partial charge in [-0.3, -0.25) is 0 Å². The van der Waals surface area contributed by atoms with Gasteiger partial charge in [-0.05, 0) is 36.2 Å². The zero-order chi connectivity index (χ0) is 10.6. The molecule has 0 amide bonds. The van der Waals surface area contributed by atoms with Gasteiger partial charge in [0.15, 0.2) is 0 Å². The second-order valence-electron chi connectivity index (χ2n) is 3.81. The summed E-state index contributed by atoms with van der Waals surface area (Å²) in [5.74, 6) is 0. The van der Waals surface area contributed by atoms with E-state index in [-0.39, 0.29) is 12.6 Å². The third-order valence-corrected chi connectivity index (χ3v) is 2.87. The van der Waals surface area contributed by atoms with E-state index in [1.807, 2.05) is 12.3 Å². The van der Waals surface area contributed by atoms with Gasteiger partial charge in [-0.2, -0.15) is 11.3 Å². The van der Waals surface area contributed by atoms with Crippen LogP contribution in [0.15, 0.2) is 16.8 Å². The van der Waals surface area contributed by atoms with Crippen LogP contribution in [0.25, 0.3) is 0 Å². The summed E-state index contributed by atoms with van der Waals surface area (Å²) in [6.45, 7) is 3.81. The zero-order valence-electron chi connectivity index (χ0n) is 8.53. The van der Waals surface area contributed by atoms with Gasteiger partial charge in [-0.15, -0.1) is 0 Å². The molecule has 3 nitrogen and oxygen atoms in total. The third kappa shape index (κ3) is 3.38. The van der Waals surface area contributed by atoms with E-state index in [9.17, 15) is 5.11 Å². The number of aliphatic hydroxyl groups excluding tert-OH is 1. The van der Waals surface area contributed by atoms with Crippen molar-refractivity contribution in [2.45, 2.75) is 25.5 Å². The van der Waals surface area contributed by atoms with Gasteiger partial charge < -0.3 is 15.5 Å². The van der Waals surface area contributed by atoms with Gasteiger partial charge in [0.25, 0.3) is 0 Å². The fraction of sp³-hybridized carbons (Fsp3) is 0.600. The van der Waals surface area contributed by atoms with Gasteiger partial charge in [0.1, 0.15) is 0 Å². The Kier molecular flexibility index (Phi) is 4.07. The van der Waals surface area contributed by atoms with E-state index in [1.165, 1.54) is 5.56 Å². The zero-order valence-corrected chi connectivity index (χ0v) is 9.34. The molecule has 0 saturated heterocycles. The topological polar surface area (TPSA) is 52.5 Å². The standard InChI is InChI=1S/C10H17NO2S/c1-8(9-3-4-14-5-9)11-6-10(2,13)7-12/h3-5,8,11-13H,6-7H2,1-2H3. The lowest BCUT2D eigenvalue weighted by Gasteiger charge is -2.23. The van der Waals surface area contributed by atoms with Crippen molar-refractivity contribution in [3.05, 3.63) is 22.4 Å². The molecule has 0 radical (unpaired) electrons. The molecule has 0 aromatic carbocycles. The van der Waals surface area contributed by atoms with E-state index in [4.69, 9.17) is 5.11 Å². The molecule has 0 aliphatic carbocycles. The Hall–Kier alpha value is -0.420. The minimum Gasteiger partial charge on any atom is -0.393 e. The van der Waals surface area contributed by atoms with Crippen molar-refractivity contribution in [3.8, 4) is 0 Å². The van der Waals surface area contributed by atoms with Crippen LogP contribution < -0.4 is 5.32 Å². The number of aliphatic hydroxyl groups is 2. The monoisotopic (exact) mass is 215 g/mol. The highest BCUT2D eigenvalue weighted by atomic mass is 32.1. The maximum Gasteiger partial charge on any atom is 0.0973 e. The van der Waals surface area contributed by atoms with Crippen LogP contribution in [-0.2, 0) is 0 Å². The Bertz CT molecular complexity index is 259. The molecule has 0 bridgehead atoms. The molecular formula is C10H17NO2S. The Labute approximate surface area is 88.4 Å².